The van der Waals surface area contributed by atoms with Gasteiger partial charge in [0.05, 0.1) is 10.8 Å². The van der Waals surface area contributed by atoms with Gasteiger partial charge in [-0.25, -0.2) is 4.98 Å². The van der Waals surface area contributed by atoms with Crippen molar-refractivity contribution < 1.29 is 9.59 Å². The molecule has 4 aromatic rings. The Morgan fingerprint density at radius 3 is 2.39 bits per heavy atom. The molecule has 2 N–H and O–H groups in total. The first-order chi connectivity index (χ1) is 21.2. The highest BCUT2D eigenvalue weighted by Gasteiger charge is 2.26. The first-order valence-electron chi connectivity index (χ1n) is 14.9. The van der Waals surface area contributed by atoms with Crippen molar-refractivity contribution in [3.63, 3.8) is 0 Å². The van der Waals surface area contributed by atoms with Gasteiger partial charge in [-0.3, -0.25) is 9.59 Å². The van der Waals surface area contributed by atoms with Gasteiger partial charge in [-0.05, 0) is 73.6 Å². The number of carbonyl (C=O) groups is 2. The highest BCUT2D eigenvalue weighted by Crippen LogP contribution is 2.29. The Kier molecular flexibility index (Phi) is 11.2. The van der Waals surface area contributed by atoms with Crippen molar-refractivity contribution in [2.24, 2.45) is 5.92 Å². The lowest BCUT2D eigenvalue weighted by atomic mass is 9.86. The maximum Gasteiger partial charge on any atom is 0.233 e. The predicted molar refractivity (Wildman–Crippen MR) is 186 cm³/mol. The zero-order valence-electron chi connectivity index (χ0n) is 24.9. The zero-order valence-corrected chi connectivity index (χ0v) is 28.1. The van der Waals surface area contributed by atoms with Crippen LogP contribution in [0.3, 0.4) is 0 Å². The largest absolute Gasteiger partial charge is 0.362 e. The lowest BCUT2D eigenvalue weighted by Gasteiger charge is -2.30. The second-order valence-corrected chi connectivity index (χ2v) is 14.0. The molecule has 1 aliphatic carbocycles. The fraction of sp³-hybridized carbons (Fsp3) is 0.353. The summed E-state index contributed by atoms with van der Waals surface area (Å²) in [6.07, 6.45) is 4.08. The zero-order chi connectivity index (χ0) is 31.1. The smallest absolute Gasteiger partial charge is 0.233 e. The number of thioether (sulfide) groups is 1. The van der Waals surface area contributed by atoms with Gasteiger partial charge in [-0.2, -0.15) is 4.98 Å². The number of fused-ring (bicyclic) bond motifs is 1. The summed E-state index contributed by atoms with van der Waals surface area (Å²) in [6, 6.07) is 23.2. The number of nitrogens with zero attached hydrogens (tertiary/aromatic N) is 3. The molecule has 1 saturated carbocycles. The van der Waals surface area contributed by atoms with Crippen LogP contribution in [0, 0.1) is 5.92 Å². The molecule has 44 heavy (non-hydrogen) atoms. The second-order valence-electron chi connectivity index (χ2n) is 11.4. The summed E-state index contributed by atoms with van der Waals surface area (Å²) in [6.45, 7) is 0.604. The summed E-state index contributed by atoms with van der Waals surface area (Å²) < 4.78 is 0.911. The Morgan fingerprint density at radius 1 is 0.977 bits per heavy atom. The average Bonchev–Trinajstić information content (AvgIpc) is 3.03. The lowest BCUT2D eigenvalue weighted by Crippen LogP contribution is -2.39. The van der Waals surface area contributed by atoms with E-state index in [9.17, 15) is 9.59 Å². The molecule has 230 valence electrons. The second kappa shape index (κ2) is 15.2. The van der Waals surface area contributed by atoms with Gasteiger partial charge in [-0.1, -0.05) is 63.9 Å². The maximum atomic E-state index is 13.4. The topological polar surface area (TPSA) is 87.2 Å². The molecule has 1 amide bonds. The van der Waals surface area contributed by atoms with E-state index in [2.05, 4.69) is 26.6 Å². The minimum atomic E-state index is -0.490. The molecule has 7 nitrogen and oxygen atoms in total. The van der Waals surface area contributed by atoms with Crippen molar-refractivity contribution in [3.8, 4) is 0 Å². The number of hydrogen-bond acceptors (Lipinski definition) is 7. The van der Waals surface area contributed by atoms with Gasteiger partial charge in [0.25, 0.3) is 0 Å². The average molecular weight is 695 g/mol. The molecule has 10 heteroatoms. The van der Waals surface area contributed by atoms with Gasteiger partial charge < -0.3 is 15.5 Å². The van der Waals surface area contributed by atoms with Crippen LogP contribution >= 0.6 is 39.3 Å². The predicted octanol–water partition coefficient (Wildman–Crippen LogP) is 7.77. The molecule has 0 saturated heterocycles. The number of aromatic nitrogens is 2. The third kappa shape index (κ3) is 8.73. The Balaban J connectivity index is 1.15. The SMILES string of the molecule is CN(C)c1nc(N[C@H]2CC[C@@H](CNC(=O)C(CC(=O)c3ccc(Br)cc3)SCc3ccc(Cl)cc3)CC2)nc2ccccc12. The number of rotatable bonds is 12. The van der Waals surface area contributed by atoms with Gasteiger partial charge in [0.1, 0.15) is 5.82 Å². The monoisotopic (exact) mass is 693 g/mol. The van der Waals surface area contributed by atoms with Crippen LogP contribution in [-0.2, 0) is 10.5 Å². The van der Waals surface area contributed by atoms with Crippen molar-refractivity contribution in [3.05, 3.63) is 93.4 Å². The standard InChI is InChI=1S/C34H37BrClN5O2S/c1-41(2)32-28-5-3-4-6-29(28)39-34(40-32)38-27-17-9-22(10-18-27)20-37-33(43)31(44-21-23-7-15-26(36)16-8-23)19-30(42)24-11-13-25(35)14-12-24/h3-8,11-16,22,27,31H,9-10,17-21H2,1-2H3,(H,37,43)(H,38,39,40)/t22-,27+,31?. The first kappa shape index (κ1) is 32.3. The molecule has 0 spiro atoms. The minimum absolute atomic E-state index is 0.0406. The van der Waals surface area contributed by atoms with E-state index < -0.39 is 5.25 Å². The van der Waals surface area contributed by atoms with E-state index in [1.54, 1.807) is 12.1 Å². The van der Waals surface area contributed by atoms with E-state index in [-0.39, 0.29) is 24.2 Å². The number of anilines is 2. The van der Waals surface area contributed by atoms with Crippen LogP contribution in [-0.4, -0.2) is 53.6 Å². The van der Waals surface area contributed by atoms with E-state index in [0.29, 0.717) is 34.7 Å². The van der Waals surface area contributed by atoms with E-state index in [4.69, 9.17) is 21.6 Å². The molecule has 1 aromatic heterocycles. The number of hydrogen-bond donors (Lipinski definition) is 2. The van der Waals surface area contributed by atoms with E-state index in [0.717, 1.165) is 52.4 Å². The number of nitrogens with one attached hydrogen (secondary N) is 2. The molecule has 3 aromatic carbocycles. The number of halogens is 2. The summed E-state index contributed by atoms with van der Waals surface area (Å²) in [5.74, 6) is 2.43. The molecule has 1 fully saturated rings. The molecule has 1 atom stereocenters. The van der Waals surface area contributed by atoms with Crippen molar-refractivity contribution in [2.75, 3.05) is 30.9 Å². The van der Waals surface area contributed by atoms with Gasteiger partial charge in [-0.15, -0.1) is 11.8 Å². The number of ketones is 1. The van der Waals surface area contributed by atoms with Crippen molar-refractivity contribution in [1.29, 1.82) is 0 Å². The molecule has 0 aliphatic heterocycles. The summed E-state index contributed by atoms with van der Waals surface area (Å²) in [5.41, 5.74) is 2.59. The van der Waals surface area contributed by atoms with Gasteiger partial charge in [0.15, 0.2) is 5.78 Å². The Morgan fingerprint density at radius 2 is 1.68 bits per heavy atom. The fourth-order valence-corrected chi connectivity index (χ4v) is 6.92. The van der Waals surface area contributed by atoms with Crippen LogP contribution in [0.4, 0.5) is 11.8 Å². The van der Waals surface area contributed by atoms with Crippen molar-refractivity contribution in [1.82, 2.24) is 15.3 Å². The molecule has 1 aliphatic rings. The van der Waals surface area contributed by atoms with Crippen molar-refractivity contribution in [2.45, 2.75) is 49.1 Å². The molecular formula is C34H37BrClN5O2S. The summed E-state index contributed by atoms with van der Waals surface area (Å²) in [7, 11) is 3.99. The van der Waals surface area contributed by atoms with Crippen LogP contribution in [0.5, 0.6) is 0 Å². The van der Waals surface area contributed by atoms with Gasteiger partial charge >= 0.3 is 0 Å². The van der Waals surface area contributed by atoms with Crippen LogP contribution in [0.25, 0.3) is 10.9 Å². The van der Waals surface area contributed by atoms with E-state index in [1.165, 1.54) is 11.8 Å². The van der Waals surface area contributed by atoms with Gasteiger partial charge in [0, 0.05) is 59.3 Å². The molecule has 5 rings (SSSR count). The van der Waals surface area contributed by atoms with Crippen molar-refractivity contribution >= 4 is 73.7 Å². The lowest BCUT2D eigenvalue weighted by molar-refractivity contribution is -0.120. The highest BCUT2D eigenvalue weighted by atomic mass is 79.9. The molecule has 1 heterocycles. The summed E-state index contributed by atoms with van der Waals surface area (Å²) >= 11 is 11.0. The van der Waals surface area contributed by atoms with Crippen LogP contribution < -0.4 is 15.5 Å². The summed E-state index contributed by atoms with van der Waals surface area (Å²) in [5, 5.41) is 7.95. The van der Waals surface area contributed by atoms with Crippen LogP contribution in [0.2, 0.25) is 5.02 Å². The quantitative estimate of drug-likeness (QED) is 0.147. The number of para-hydroxylation sites is 1. The third-order valence-corrected chi connectivity index (χ3v) is 10.0. The first-order valence-corrected chi connectivity index (χ1v) is 17.1. The number of carbonyl (C=O) groups excluding carboxylic acids is 2. The minimum Gasteiger partial charge on any atom is -0.362 e. The summed E-state index contributed by atoms with van der Waals surface area (Å²) in [4.78, 5) is 38.1. The maximum absolute atomic E-state index is 13.4. The Hall–Kier alpha value is -3.14. The van der Waals surface area contributed by atoms with Gasteiger partial charge in [0.2, 0.25) is 11.9 Å². The molecule has 1 unspecified atom stereocenters. The van der Waals surface area contributed by atoms with Crippen LogP contribution in [0.15, 0.2) is 77.3 Å². The third-order valence-electron chi connectivity index (χ3n) is 7.95. The number of Topliss-reactive ketones (excluding diaryl/α,β-unsaturated/α-hetero) is 1. The van der Waals surface area contributed by atoms with E-state index >= 15 is 0 Å². The molecular weight excluding hydrogens is 658 g/mol. The number of benzene rings is 3. The van der Waals surface area contributed by atoms with Crippen LogP contribution in [0.1, 0.15) is 48.0 Å². The number of amides is 1. The Bertz CT molecular complexity index is 1580. The normalized spacial score (nSPS) is 17.2. The molecule has 0 radical (unpaired) electrons. The highest BCUT2D eigenvalue weighted by molar-refractivity contribution is 9.10. The van der Waals surface area contributed by atoms with E-state index in [1.807, 2.05) is 79.7 Å². The molecule has 0 bridgehead atoms. The fourth-order valence-electron chi connectivity index (χ4n) is 5.44. The Labute approximate surface area is 276 Å².